The molecule has 0 aliphatic carbocycles. The maximum Gasteiger partial charge on any atom is 0.337 e. The SMILES string of the molecule is COC(=O)c1ccc(-c2c3nc(c(-c4ccc(C(=O)OC)cc4F)c4ccc([nH]4)c(-c4ccc(C(=O)OC)cc4F)c4nc(c(-c5ccc(C(=O)OC)cc5F)c5ccc2[nH]5)C=C4)C=C3)c(F)c1.[Cl-].[Mn]. The van der Waals surface area contributed by atoms with Crippen LogP contribution in [0.15, 0.2) is 97.1 Å². The van der Waals surface area contributed by atoms with Gasteiger partial charge in [-0.25, -0.2) is 46.7 Å². The zero-order chi connectivity index (χ0) is 48.0. The van der Waals surface area contributed by atoms with Gasteiger partial charge in [0, 0.05) is 83.6 Å². The number of halogens is 5. The standard InChI is InChI=1S/C52H34F4N4O8.ClH.Mn/c1-65-49(61)25-5-9-29(33(53)21-25)45-37-13-15-39(57-37)46(30-10-6-26(22-34(30)54)50(62)66-2)41-17-19-43(59-41)48(32-12-8-28(24-36(32)56)52(64)68-4)44-20-18-42(60-44)47(40-16-14-38(45)58-40)31-11-7-27(23-35(31)55)51(63)67-3;;/h5-24,57,60H,1-4H3;1H;/p-1. The van der Waals surface area contributed by atoms with Gasteiger partial charge >= 0.3 is 23.9 Å². The minimum atomic E-state index is -0.827. The van der Waals surface area contributed by atoms with Crippen molar-refractivity contribution >= 4 is 70.2 Å². The summed E-state index contributed by atoms with van der Waals surface area (Å²) in [7, 11) is 4.66. The zero-order valence-electron chi connectivity index (χ0n) is 37.0. The maximum absolute atomic E-state index is 16.5. The topological polar surface area (TPSA) is 163 Å². The first-order valence-corrected chi connectivity index (χ1v) is 20.5. The largest absolute Gasteiger partial charge is 1.00 e. The summed E-state index contributed by atoms with van der Waals surface area (Å²) in [5.74, 6) is -6.41. The van der Waals surface area contributed by atoms with Gasteiger partial charge in [0.25, 0.3) is 0 Å². The van der Waals surface area contributed by atoms with Gasteiger partial charge in [-0.3, -0.25) is 0 Å². The summed E-state index contributed by atoms with van der Waals surface area (Å²) >= 11 is 0. The Morgan fingerprint density at radius 2 is 0.600 bits per heavy atom. The molecule has 0 fully saturated rings. The molecule has 70 heavy (non-hydrogen) atoms. The molecule has 1 radical (unpaired) electrons. The maximum atomic E-state index is 16.5. The van der Waals surface area contributed by atoms with Gasteiger partial charge in [0.15, 0.2) is 0 Å². The second kappa shape index (κ2) is 20.2. The molecule has 0 atom stereocenters. The number of hydrogen-bond donors (Lipinski definition) is 2. The Bertz CT molecular complexity index is 3120. The molecular weight excluding hydrogens is 975 g/mol. The van der Waals surface area contributed by atoms with Crippen LogP contribution >= 0.6 is 0 Å². The van der Waals surface area contributed by atoms with Crippen molar-refractivity contribution in [2.24, 2.45) is 0 Å². The number of aromatic nitrogens is 4. The quantitative estimate of drug-likeness (QED) is 0.0660. The predicted molar refractivity (Wildman–Crippen MR) is 246 cm³/mol. The molecule has 0 amide bonds. The summed E-state index contributed by atoms with van der Waals surface area (Å²) in [5.41, 5.74) is 2.10. The Morgan fingerprint density at radius 3 is 0.786 bits per heavy atom. The third kappa shape index (κ3) is 9.00. The Morgan fingerprint density at radius 1 is 0.386 bits per heavy atom. The fourth-order valence-corrected chi connectivity index (χ4v) is 8.19. The van der Waals surface area contributed by atoms with Crippen LogP contribution in [0.5, 0.6) is 0 Å². The minimum Gasteiger partial charge on any atom is -1.00 e. The molecule has 353 valence electrons. The van der Waals surface area contributed by atoms with Gasteiger partial charge in [-0.05, 0) is 97.1 Å². The minimum absolute atomic E-state index is 0. The Hall–Kier alpha value is -8.11. The number of nitrogens with one attached hydrogen (secondary N) is 2. The third-order valence-corrected chi connectivity index (χ3v) is 11.4. The van der Waals surface area contributed by atoms with Crippen molar-refractivity contribution in [2.45, 2.75) is 0 Å². The van der Waals surface area contributed by atoms with Crippen LogP contribution in [-0.4, -0.2) is 72.3 Å². The first-order chi connectivity index (χ1) is 32.8. The van der Waals surface area contributed by atoms with Gasteiger partial charge in [-0.2, -0.15) is 0 Å². The van der Waals surface area contributed by atoms with Gasteiger partial charge in [-0.15, -0.1) is 0 Å². The second-order valence-corrected chi connectivity index (χ2v) is 15.2. The van der Waals surface area contributed by atoms with Crippen LogP contribution < -0.4 is 12.4 Å². The van der Waals surface area contributed by atoms with Gasteiger partial charge in [0.1, 0.15) is 23.3 Å². The number of carbonyl (C=O) groups is 4. The van der Waals surface area contributed by atoms with E-state index < -0.39 is 47.1 Å². The Labute approximate surface area is 411 Å². The number of benzene rings is 4. The molecule has 3 aromatic heterocycles. The number of methoxy groups -OCH3 is 4. The smallest absolute Gasteiger partial charge is 0.337 e. The van der Waals surface area contributed by atoms with Crippen molar-refractivity contribution < 1.29 is 85.2 Å². The monoisotopic (exact) mass is 1010 g/mol. The van der Waals surface area contributed by atoms with Gasteiger partial charge < -0.3 is 41.3 Å². The predicted octanol–water partition coefficient (Wildman–Crippen LogP) is 8.03. The van der Waals surface area contributed by atoms with Gasteiger partial charge in [-0.1, -0.05) is 24.3 Å². The fourth-order valence-electron chi connectivity index (χ4n) is 8.19. The van der Waals surface area contributed by atoms with E-state index in [9.17, 15) is 19.2 Å². The molecule has 0 saturated carbocycles. The first-order valence-electron chi connectivity index (χ1n) is 20.5. The van der Waals surface area contributed by atoms with Crippen molar-refractivity contribution in [1.29, 1.82) is 0 Å². The van der Waals surface area contributed by atoms with Crippen LogP contribution in [0.3, 0.4) is 0 Å². The van der Waals surface area contributed by atoms with E-state index in [0.29, 0.717) is 0 Å². The van der Waals surface area contributed by atoms with Crippen molar-refractivity contribution in [3.8, 4) is 44.5 Å². The number of fused-ring (bicyclic) bond motifs is 8. The van der Waals surface area contributed by atoms with E-state index in [4.69, 9.17) is 28.9 Å². The number of esters is 4. The molecule has 12 nitrogen and oxygen atoms in total. The molecule has 4 aromatic carbocycles. The molecule has 9 rings (SSSR count). The molecule has 0 saturated heterocycles. The van der Waals surface area contributed by atoms with Crippen LogP contribution in [-0.2, 0) is 36.0 Å². The summed E-state index contributed by atoms with van der Waals surface area (Å²) in [6, 6.07) is 21.5. The molecule has 2 aliphatic heterocycles. The van der Waals surface area contributed by atoms with Crippen LogP contribution in [0.4, 0.5) is 17.6 Å². The number of ether oxygens (including phenoxy) is 4. The average Bonchev–Trinajstić information content (AvgIpc) is 4.20. The van der Waals surface area contributed by atoms with Crippen molar-refractivity contribution in [2.75, 3.05) is 28.4 Å². The Balaban J connectivity index is 0.00000361. The van der Waals surface area contributed by atoms with E-state index in [0.717, 1.165) is 24.3 Å². The average molecular weight is 1010 g/mol. The zero-order valence-corrected chi connectivity index (χ0v) is 38.9. The molecule has 7 aromatic rings. The van der Waals surface area contributed by atoms with E-state index in [2.05, 4.69) is 9.97 Å². The molecule has 2 N–H and O–H groups in total. The summed E-state index contributed by atoms with van der Waals surface area (Å²) in [6.07, 6.45) is 6.32. The van der Waals surface area contributed by atoms with Gasteiger partial charge in [0.2, 0.25) is 0 Å². The molecule has 2 aliphatic rings. The fraction of sp³-hybridized carbons (Fsp3) is 0.0769. The van der Waals surface area contributed by atoms with E-state index in [-0.39, 0.29) is 141 Å². The number of carbonyl (C=O) groups excluding carboxylic acids is 4. The van der Waals surface area contributed by atoms with E-state index >= 15 is 17.6 Å². The van der Waals surface area contributed by atoms with Crippen LogP contribution in [0.1, 0.15) is 64.2 Å². The summed E-state index contributed by atoms with van der Waals surface area (Å²) in [6.45, 7) is 0. The van der Waals surface area contributed by atoms with Crippen LogP contribution in [0.25, 0.3) is 90.9 Å². The van der Waals surface area contributed by atoms with E-state index in [1.54, 1.807) is 48.6 Å². The molecule has 5 heterocycles. The summed E-state index contributed by atoms with van der Waals surface area (Å²) in [4.78, 5) is 66.3. The molecule has 0 unspecified atom stereocenters. The van der Waals surface area contributed by atoms with Crippen LogP contribution in [0, 0.1) is 23.3 Å². The summed E-state index contributed by atoms with van der Waals surface area (Å²) < 4.78 is 85.1. The third-order valence-electron chi connectivity index (χ3n) is 11.4. The molecule has 18 heteroatoms. The number of rotatable bonds is 8. The normalized spacial score (nSPS) is 11.3. The van der Waals surface area contributed by atoms with Crippen molar-refractivity contribution in [3.05, 3.63) is 165 Å². The molecular formula is C52H34ClF4MnN4O8-. The number of aromatic amines is 2. The van der Waals surface area contributed by atoms with Crippen molar-refractivity contribution in [1.82, 2.24) is 19.9 Å². The second-order valence-electron chi connectivity index (χ2n) is 15.2. The summed E-state index contributed by atoms with van der Waals surface area (Å²) in [5, 5.41) is 0. The number of nitrogens with zero attached hydrogens (tertiary/aromatic N) is 2. The molecule has 0 spiro atoms. The van der Waals surface area contributed by atoms with E-state index in [1.807, 2.05) is 0 Å². The van der Waals surface area contributed by atoms with Crippen LogP contribution in [0.2, 0.25) is 0 Å². The number of H-pyrrole nitrogens is 2. The van der Waals surface area contributed by atoms with E-state index in [1.165, 1.54) is 77.0 Å². The van der Waals surface area contributed by atoms with Crippen molar-refractivity contribution in [3.63, 3.8) is 0 Å². The first kappa shape index (κ1) is 49.8. The Kier molecular flexibility index (Phi) is 14.4. The number of hydrogen-bond acceptors (Lipinski definition) is 10. The molecule has 8 bridgehead atoms. The van der Waals surface area contributed by atoms with Gasteiger partial charge in [0.05, 0.1) is 73.5 Å².